The monoisotopic (exact) mass is 273 g/mol. The molecule has 1 aromatic rings. The SMILES string of the molecule is CC1CCC(CO)(NS(=O)(=O)c2cn[nH]c2)CC1. The van der Waals surface area contributed by atoms with Crippen molar-refractivity contribution >= 4 is 10.0 Å². The molecule has 0 saturated heterocycles. The summed E-state index contributed by atoms with van der Waals surface area (Å²) < 4.78 is 26.9. The van der Waals surface area contributed by atoms with Gasteiger partial charge in [0, 0.05) is 6.20 Å². The summed E-state index contributed by atoms with van der Waals surface area (Å²) in [5.74, 6) is 0.586. The van der Waals surface area contributed by atoms with Crippen molar-refractivity contribution in [2.45, 2.75) is 43.0 Å². The molecule has 7 heteroatoms. The van der Waals surface area contributed by atoms with Crippen LogP contribution in [0.3, 0.4) is 0 Å². The van der Waals surface area contributed by atoms with Crippen LogP contribution in [-0.4, -0.2) is 35.9 Å². The lowest BCUT2D eigenvalue weighted by Gasteiger charge is -2.38. The Balaban J connectivity index is 2.16. The van der Waals surface area contributed by atoms with Gasteiger partial charge in [0.1, 0.15) is 4.90 Å². The third kappa shape index (κ3) is 2.73. The van der Waals surface area contributed by atoms with Crippen molar-refractivity contribution in [3.63, 3.8) is 0 Å². The molecule has 0 spiro atoms. The summed E-state index contributed by atoms with van der Waals surface area (Å²) >= 11 is 0. The van der Waals surface area contributed by atoms with Crippen molar-refractivity contribution < 1.29 is 13.5 Å². The molecule has 2 rings (SSSR count). The molecule has 0 aliphatic heterocycles. The number of aliphatic hydroxyl groups is 1. The van der Waals surface area contributed by atoms with Gasteiger partial charge in [-0.15, -0.1) is 0 Å². The van der Waals surface area contributed by atoms with Crippen molar-refractivity contribution in [1.29, 1.82) is 0 Å². The smallest absolute Gasteiger partial charge is 0.244 e. The highest BCUT2D eigenvalue weighted by atomic mass is 32.2. The predicted molar refractivity (Wildman–Crippen MR) is 66.4 cm³/mol. The Hall–Kier alpha value is -0.920. The van der Waals surface area contributed by atoms with Crippen molar-refractivity contribution in [1.82, 2.24) is 14.9 Å². The first-order chi connectivity index (χ1) is 8.47. The van der Waals surface area contributed by atoms with Gasteiger partial charge in [-0.1, -0.05) is 6.92 Å². The van der Waals surface area contributed by atoms with Crippen LogP contribution in [0.4, 0.5) is 0 Å². The Morgan fingerprint density at radius 1 is 1.56 bits per heavy atom. The number of nitrogens with one attached hydrogen (secondary N) is 2. The van der Waals surface area contributed by atoms with Crippen LogP contribution in [-0.2, 0) is 10.0 Å². The average Bonchev–Trinajstić information content (AvgIpc) is 2.87. The Bertz CT molecular complexity index is 476. The molecule has 1 saturated carbocycles. The van der Waals surface area contributed by atoms with Crippen molar-refractivity contribution in [2.75, 3.05) is 6.61 Å². The molecule has 0 radical (unpaired) electrons. The van der Waals surface area contributed by atoms with E-state index in [4.69, 9.17) is 0 Å². The molecular formula is C11H19N3O3S. The molecule has 1 aromatic heterocycles. The fourth-order valence-electron chi connectivity index (χ4n) is 2.34. The van der Waals surface area contributed by atoms with Crippen LogP contribution >= 0.6 is 0 Å². The summed E-state index contributed by atoms with van der Waals surface area (Å²) in [5.41, 5.74) is -0.720. The fourth-order valence-corrected chi connectivity index (χ4v) is 3.69. The first-order valence-corrected chi connectivity index (χ1v) is 7.59. The highest BCUT2D eigenvalue weighted by molar-refractivity contribution is 7.89. The number of hydrogen-bond acceptors (Lipinski definition) is 4. The largest absolute Gasteiger partial charge is 0.394 e. The van der Waals surface area contributed by atoms with Gasteiger partial charge < -0.3 is 5.11 Å². The van der Waals surface area contributed by atoms with E-state index in [0.29, 0.717) is 18.8 Å². The zero-order chi connectivity index (χ0) is 13.2. The number of H-pyrrole nitrogens is 1. The van der Waals surface area contributed by atoms with E-state index in [2.05, 4.69) is 21.8 Å². The van der Waals surface area contributed by atoms with Crippen molar-refractivity contribution in [2.24, 2.45) is 5.92 Å². The average molecular weight is 273 g/mol. The first kappa shape index (κ1) is 13.5. The molecule has 0 unspecified atom stereocenters. The van der Waals surface area contributed by atoms with Crippen LogP contribution in [0, 0.1) is 5.92 Å². The molecule has 1 heterocycles. The maximum absolute atomic E-state index is 12.1. The van der Waals surface area contributed by atoms with Gasteiger partial charge in [0.15, 0.2) is 0 Å². The summed E-state index contributed by atoms with van der Waals surface area (Å²) in [6.07, 6.45) is 5.78. The minimum absolute atomic E-state index is 0.106. The predicted octanol–water partition coefficient (Wildman–Crippen LogP) is 0.629. The second-order valence-corrected chi connectivity index (χ2v) is 6.84. The summed E-state index contributed by atoms with van der Waals surface area (Å²) in [7, 11) is -3.61. The van der Waals surface area contributed by atoms with Crippen LogP contribution in [0.1, 0.15) is 32.6 Å². The van der Waals surface area contributed by atoms with E-state index < -0.39 is 15.6 Å². The number of nitrogens with zero attached hydrogens (tertiary/aromatic N) is 1. The van der Waals surface area contributed by atoms with Gasteiger partial charge in [-0.25, -0.2) is 13.1 Å². The Labute approximate surface area is 107 Å². The molecule has 102 valence electrons. The van der Waals surface area contributed by atoms with E-state index in [1.165, 1.54) is 12.4 Å². The molecule has 6 nitrogen and oxygen atoms in total. The van der Waals surface area contributed by atoms with E-state index >= 15 is 0 Å². The topological polar surface area (TPSA) is 95.1 Å². The van der Waals surface area contributed by atoms with Gasteiger partial charge >= 0.3 is 0 Å². The van der Waals surface area contributed by atoms with Gasteiger partial charge in [-0.05, 0) is 31.6 Å². The van der Waals surface area contributed by atoms with E-state index in [-0.39, 0.29) is 11.5 Å². The van der Waals surface area contributed by atoms with Crippen LogP contribution < -0.4 is 4.72 Å². The Morgan fingerprint density at radius 3 is 2.72 bits per heavy atom. The lowest BCUT2D eigenvalue weighted by molar-refractivity contribution is 0.125. The molecule has 3 N–H and O–H groups in total. The molecular weight excluding hydrogens is 254 g/mol. The summed E-state index contributed by atoms with van der Waals surface area (Å²) in [4.78, 5) is 0.106. The summed E-state index contributed by atoms with van der Waals surface area (Å²) in [6.45, 7) is 1.97. The molecule has 0 bridgehead atoms. The quantitative estimate of drug-likeness (QED) is 0.750. The normalized spacial score (nSPS) is 29.3. The summed E-state index contributed by atoms with van der Waals surface area (Å²) in [5, 5.41) is 15.7. The van der Waals surface area contributed by atoms with E-state index in [0.717, 1.165) is 12.8 Å². The van der Waals surface area contributed by atoms with Crippen LogP contribution in [0.5, 0.6) is 0 Å². The van der Waals surface area contributed by atoms with Crippen molar-refractivity contribution in [3.05, 3.63) is 12.4 Å². The van der Waals surface area contributed by atoms with Crippen LogP contribution in [0.15, 0.2) is 17.3 Å². The Kier molecular flexibility index (Phi) is 3.74. The molecule has 0 amide bonds. The van der Waals surface area contributed by atoms with Crippen LogP contribution in [0.2, 0.25) is 0 Å². The molecule has 1 fully saturated rings. The number of aromatic nitrogens is 2. The fraction of sp³-hybridized carbons (Fsp3) is 0.727. The zero-order valence-electron chi connectivity index (χ0n) is 10.4. The number of aliphatic hydroxyl groups excluding tert-OH is 1. The zero-order valence-corrected chi connectivity index (χ0v) is 11.2. The highest BCUT2D eigenvalue weighted by Crippen LogP contribution is 2.32. The minimum atomic E-state index is -3.61. The number of rotatable bonds is 4. The lowest BCUT2D eigenvalue weighted by atomic mass is 9.78. The third-order valence-corrected chi connectivity index (χ3v) is 5.21. The molecule has 0 aromatic carbocycles. The van der Waals surface area contributed by atoms with E-state index in [9.17, 15) is 13.5 Å². The number of sulfonamides is 1. The molecule has 1 aliphatic rings. The molecule has 0 atom stereocenters. The minimum Gasteiger partial charge on any atom is -0.394 e. The number of hydrogen-bond donors (Lipinski definition) is 3. The van der Waals surface area contributed by atoms with Crippen LogP contribution in [0.25, 0.3) is 0 Å². The number of aromatic amines is 1. The van der Waals surface area contributed by atoms with Gasteiger partial charge in [-0.3, -0.25) is 5.10 Å². The lowest BCUT2D eigenvalue weighted by Crippen LogP contribution is -2.53. The van der Waals surface area contributed by atoms with Gasteiger partial charge in [-0.2, -0.15) is 5.10 Å². The maximum Gasteiger partial charge on any atom is 0.244 e. The standard InChI is InChI=1S/C11H19N3O3S/c1-9-2-4-11(8-15,5-3-9)14-18(16,17)10-6-12-13-7-10/h6-7,9,14-15H,2-5,8H2,1H3,(H,12,13). The molecule has 18 heavy (non-hydrogen) atoms. The van der Waals surface area contributed by atoms with E-state index in [1.807, 2.05) is 0 Å². The van der Waals surface area contributed by atoms with E-state index in [1.54, 1.807) is 0 Å². The Morgan fingerprint density at radius 2 is 2.22 bits per heavy atom. The third-order valence-electron chi connectivity index (χ3n) is 3.67. The maximum atomic E-state index is 12.1. The first-order valence-electron chi connectivity index (χ1n) is 6.11. The summed E-state index contributed by atoms with van der Waals surface area (Å²) in [6, 6.07) is 0. The van der Waals surface area contributed by atoms with Gasteiger partial charge in [0.05, 0.1) is 18.3 Å². The molecule has 1 aliphatic carbocycles. The second kappa shape index (κ2) is 4.99. The van der Waals surface area contributed by atoms with Gasteiger partial charge in [0.2, 0.25) is 10.0 Å². The van der Waals surface area contributed by atoms with Gasteiger partial charge in [0.25, 0.3) is 0 Å². The highest BCUT2D eigenvalue weighted by Gasteiger charge is 2.37. The second-order valence-electron chi connectivity index (χ2n) is 5.16. The van der Waals surface area contributed by atoms with Crippen molar-refractivity contribution in [3.8, 4) is 0 Å².